The Morgan fingerprint density at radius 2 is 1.94 bits per heavy atom. The predicted molar refractivity (Wildman–Crippen MR) is 72.7 cm³/mol. The van der Waals surface area contributed by atoms with Gasteiger partial charge in [0.25, 0.3) is 0 Å². The molecule has 94 valence electrons. The molecule has 0 radical (unpaired) electrons. The molecule has 18 heavy (non-hydrogen) atoms. The molecule has 0 spiro atoms. The summed E-state index contributed by atoms with van der Waals surface area (Å²) in [4.78, 5) is 8.29. The third-order valence-electron chi connectivity index (χ3n) is 2.41. The van der Waals surface area contributed by atoms with Crippen LogP contribution >= 0.6 is 11.6 Å². The SMILES string of the molecule is OCCCNc1cc(-c2ccccc2)nc(Cl)n1. The maximum atomic E-state index is 8.73. The number of nitrogens with one attached hydrogen (secondary N) is 1. The molecule has 0 saturated carbocycles. The van der Waals surface area contributed by atoms with E-state index in [9.17, 15) is 0 Å². The number of halogens is 1. The first-order valence-electron chi connectivity index (χ1n) is 5.74. The molecule has 0 saturated heterocycles. The van der Waals surface area contributed by atoms with Crippen molar-refractivity contribution < 1.29 is 5.11 Å². The lowest BCUT2D eigenvalue weighted by Crippen LogP contribution is -2.05. The first kappa shape index (κ1) is 12.8. The van der Waals surface area contributed by atoms with Crippen LogP contribution < -0.4 is 5.32 Å². The summed E-state index contributed by atoms with van der Waals surface area (Å²) in [5.74, 6) is 0.669. The number of hydrogen-bond acceptors (Lipinski definition) is 4. The Hall–Kier alpha value is -1.65. The quantitative estimate of drug-likeness (QED) is 0.643. The average molecular weight is 264 g/mol. The molecular weight excluding hydrogens is 250 g/mol. The largest absolute Gasteiger partial charge is 0.396 e. The van der Waals surface area contributed by atoms with Crippen LogP contribution in [0.15, 0.2) is 36.4 Å². The molecule has 0 unspecified atom stereocenters. The number of nitrogens with zero attached hydrogens (tertiary/aromatic N) is 2. The van der Waals surface area contributed by atoms with E-state index in [0.717, 1.165) is 11.3 Å². The van der Waals surface area contributed by atoms with E-state index in [1.807, 2.05) is 36.4 Å². The minimum absolute atomic E-state index is 0.150. The summed E-state index contributed by atoms with van der Waals surface area (Å²) in [5.41, 5.74) is 1.77. The average Bonchev–Trinajstić information content (AvgIpc) is 2.39. The van der Waals surface area contributed by atoms with Crippen molar-refractivity contribution in [1.82, 2.24) is 9.97 Å². The topological polar surface area (TPSA) is 58.0 Å². The highest BCUT2D eigenvalue weighted by molar-refractivity contribution is 6.28. The Morgan fingerprint density at radius 1 is 1.17 bits per heavy atom. The molecule has 2 rings (SSSR count). The number of aliphatic hydroxyl groups excluding tert-OH is 1. The third-order valence-corrected chi connectivity index (χ3v) is 2.58. The molecule has 4 nitrogen and oxygen atoms in total. The minimum atomic E-state index is 0.150. The van der Waals surface area contributed by atoms with Gasteiger partial charge in [0.1, 0.15) is 5.82 Å². The highest BCUT2D eigenvalue weighted by atomic mass is 35.5. The summed E-state index contributed by atoms with van der Waals surface area (Å²) in [5, 5.41) is 12.0. The van der Waals surface area contributed by atoms with Crippen molar-refractivity contribution in [3.63, 3.8) is 0 Å². The van der Waals surface area contributed by atoms with Crippen molar-refractivity contribution >= 4 is 17.4 Å². The number of benzene rings is 1. The molecule has 1 aromatic carbocycles. The zero-order valence-electron chi connectivity index (χ0n) is 9.81. The minimum Gasteiger partial charge on any atom is -0.396 e. The smallest absolute Gasteiger partial charge is 0.224 e. The van der Waals surface area contributed by atoms with Crippen LogP contribution in [-0.2, 0) is 0 Å². The van der Waals surface area contributed by atoms with Crippen LogP contribution in [0.1, 0.15) is 6.42 Å². The molecule has 0 atom stereocenters. The van der Waals surface area contributed by atoms with Crippen molar-refractivity contribution in [2.45, 2.75) is 6.42 Å². The van der Waals surface area contributed by atoms with Gasteiger partial charge in [-0.3, -0.25) is 0 Å². The molecule has 2 aromatic rings. The van der Waals surface area contributed by atoms with Gasteiger partial charge in [0.15, 0.2) is 0 Å². The highest BCUT2D eigenvalue weighted by Gasteiger charge is 2.04. The van der Waals surface area contributed by atoms with E-state index >= 15 is 0 Å². The van der Waals surface area contributed by atoms with Crippen LogP contribution in [0.25, 0.3) is 11.3 Å². The van der Waals surface area contributed by atoms with Crippen LogP contribution in [-0.4, -0.2) is 28.2 Å². The van der Waals surface area contributed by atoms with Crippen LogP contribution in [0.5, 0.6) is 0 Å². The van der Waals surface area contributed by atoms with Crippen LogP contribution in [0, 0.1) is 0 Å². The lowest BCUT2D eigenvalue weighted by atomic mass is 10.1. The van der Waals surface area contributed by atoms with Crippen molar-refractivity contribution in [2.24, 2.45) is 0 Å². The summed E-state index contributed by atoms with van der Waals surface area (Å²) in [7, 11) is 0. The second kappa shape index (κ2) is 6.33. The van der Waals surface area contributed by atoms with E-state index in [0.29, 0.717) is 18.8 Å². The fraction of sp³-hybridized carbons (Fsp3) is 0.231. The molecule has 1 heterocycles. The molecule has 1 aromatic heterocycles. The summed E-state index contributed by atoms with van der Waals surface area (Å²) < 4.78 is 0. The maximum Gasteiger partial charge on any atom is 0.224 e. The summed E-state index contributed by atoms with van der Waals surface area (Å²) in [6.07, 6.45) is 0.669. The number of rotatable bonds is 5. The number of hydrogen-bond donors (Lipinski definition) is 2. The molecule has 5 heteroatoms. The zero-order valence-corrected chi connectivity index (χ0v) is 10.6. The Bertz CT molecular complexity index is 505. The molecule has 0 amide bonds. The molecule has 0 aliphatic heterocycles. The van der Waals surface area contributed by atoms with Gasteiger partial charge >= 0.3 is 0 Å². The molecule has 0 bridgehead atoms. The summed E-state index contributed by atoms with van der Waals surface area (Å²) in [6.45, 7) is 0.801. The maximum absolute atomic E-state index is 8.73. The fourth-order valence-corrected chi connectivity index (χ4v) is 1.74. The second-order valence-electron chi connectivity index (χ2n) is 3.78. The Labute approximate surface area is 111 Å². The first-order chi connectivity index (χ1) is 8.79. The fourth-order valence-electron chi connectivity index (χ4n) is 1.56. The number of aromatic nitrogens is 2. The Morgan fingerprint density at radius 3 is 2.67 bits per heavy atom. The highest BCUT2D eigenvalue weighted by Crippen LogP contribution is 2.21. The lowest BCUT2D eigenvalue weighted by molar-refractivity contribution is 0.292. The van der Waals surface area contributed by atoms with Gasteiger partial charge in [0, 0.05) is 24.8 Å². The van der Waals surface area contributed by atoms with Gasteiger partial charge in [-0.05, 0) is 18.0 Å². The van der Waals surface area contributed by atoms with E-state index in [1.54, 1.807) is 0 Å². The van der Waals surface area contributed by atoms with Crippen molar-refractivity contribution in [3.8, 4) is 11.3 Å². The second-order valence-corrected chi connectivity index (χ2v) is 4.12. The molecule has 0 aliphatic rings. The van der Waals surface area contributed by atoms with Gasteiger partial charge in [-0.15, -0.1) is 0 Å². The van der Waals surface area contributed by atoms with Gasteiger partial charge in [-0.25, -0.2) is 9.97 Å². The lowest BCUT2D eigenvalue weighted by Gasteiger charge is -2.07. The monoisotopic (exact) mass is 263 g/mol. The third kappa shape index (κ3) is 3.42. The van der Waals surface area contributed by atoms with E-state index in [1.165, 1.54) is 0 Å². The zero-order chi connectivity index (χ0) is 12.8. The summed E-state index contributed by atoms with van der Waals surface area (Å²) in [6, 6.07) is 11.6. The van der Waals surface area contributed by atoms with Gasteiger partial charge in [0.05, 0.1) is 5.69 Å². The van der Waals surface area contributed by atoms with Crippen LogP contribution in [0.3, 0.4) is 0 Å². The normalized spacial score (nSPS) is 10.3. The Kier molecular flexibility index (Phi) is 4.50. The van der Waals surface area contributed by atoms with Crippen LogP contribution in [0.4, 0.5) is 5.82 Å². The van der Waals surface area contributed by atoms with Gasteiger partial charge in [-0.2, -0.15) is 0 Å². The van der Waals surface area contributed by atoms with E-state index in [2.05, 4.69) is 15.3 Å². The number of aliphatic hydroxyl groups is 1. The van der Waals surface area contributed by atoms with E-state index < -0.39 is 0 Å². The first-order valence-corrected chi connectivity index (χ1v) is 6.12. The Balaban J connectivity index is 2.21. The number of anilines is 1. The van der Waals surface area contributed by atoms with Crippen LogP contribution in [0.2, 0.25) is 5.28 Å². The van der Waals surface area contributed by atoms with Gasteiger partial charge < -0.3 is 10.4 Å². The molecule has 2 N–H and O–H groups in total. The molecular formula is C13H14ClN3O. The van der Waals surface area contributed by atoms with Crippen molar-refractivity contribution in [3.05, 3.63) is 41.7 Å². The molecule has 0 fully saturated rings. The van der Waals surface area contributed by atoms with E-state index in [-0.39, 0.29) is 11.9 Å². The molecule has 0 aliphatic carbocycles. The standard InChI is InChI=1S/C13H14ClN3O/c14-13-16-11(10-5-2-1-3-6-10)9-12(17-13)15-7-4-8-18/h1-3,5-6,9,18H,4,7-8H2,(H,15,16,17). The van der Waals surface area contributed by atoms with Gasteiger partial charge in [0.2, 0.25) is 5.28 Å². The van der Waals surface area contributed by atoms with Crippen molar-refractivity contribution in [2.75, 3.05) is 18.5 Å². The van der Waals surface area contributed by atoms with E-state index in [4.69, 9.17) is 16.7 Å². The van der Waals surface area contributed by atoms with Gasteiger partial charge in [-0.1, -0.05) is 30.3 Å². The predicted octanol–water partition coefficient (Wildman–Crippen LogP) is 2.59. The van der Waals surface area contributed by atoms with Crippen molar-refractivity contribution in [1.29, 1.82) is 0 Å². The summed E-state index contributed by atoms with van der Waals surface area (Å²) >= 11 is 5.90.